The van der Waals surface area contributed by atoms with Gasteiger partial charge in [-0.2, -0.15) is 0 Å². The highest BCUT2D eigenvalue weighted by molar-refractivity contribution is 5.51. The molecule has 0 atom stereocenters. The maximum Gasteiger partial charge on any atom is 0.227 e. The third-order valence-electron chi connectivity index (χ3n) is 2.03. The van der Waals surface area contributed by atoms with Crippen molar-refractivity contribution in [2.75, 3.05) is 6.54 Å². The Kier molecular flexibility index (Phi) is 2.37. The van der Waals surface area contributed by atoms with E-state index in [0.29, 0.717) is 12.4 Å². The fraction of sp³-hybridized carbons (Fsp3) is 0.300. The van der Waals surface area contributed by atoms with Crippen LogP contribution in [0.25, 0.3) is 11.5 Å². The summed E-state index contributed by atoms with van der Waals surface area (Å²) in [7, 11) is 1.97. The fourth-order valence-corrected chi connectivity index (χ4v) is 1.33. The van der Waals surface area contributed by atoms with Crippen molar-refractivity contribution in [1.29, 1.82) is 0 Å². The second-order valence-electron chi connectivity index (χ2n) is 3.25. The summed E-state index contributed by atoms with van der Waals surface area (Å²) >= 11 is 0. The van der Waals surface area contributed by atoms with E-state index in [2.05, 4.69) is 4.98 Å². The molecule has 4 nitrogen and oxygen atoms in total. The molecule has 0 aliphatic carbocycles. The highest BCUT2D eigenvalue weighted by Crippen LogP contribution is 2.18. The topological polar surface area (TPSA) is 57.0 Å². The molecule has 0 radical (unpaired) electrons. The van der Waals surface area contributed by atoms with E-state index in [1.807, 2.05) is 30.1 Å². The van der Waals surface area contributed by atoms with Gasteiger partial charge in [-0.3, -0.25) is 0 Å². The summed E-state index contributed by atoms with van der Waals surface area (Å²) in [5.41, 5.74) is 7.33. The van der Waals surface area contributed by atoms with Crippen molar-refractivity contribution in [2.24, 2.45) is 12.8 Å². The average molecular weight is 191 g/mol. The van der Waals surface area contributed by atoms with Crippen LogP contribution in [0.5, 0.6) is 0 Å². The first kappa shape index (κ1) is 9.02. The first-order valence-electron chi connectivity index (χ1n) is 4.56. The summed E-state index contributed by atoms with van der Waals surface area (Å²) in [6.07, 6.45) is 6.35. The van der Waals surface area contributed by atoms with Crippen LogP contribution < -0.4 is 5.73 Å². The molecule has 4 heteroatoms. The molecule has 2 N–H and O–H groups in total. The summed E-state index contributed by atoms with van der Waals surface area (Å²) < 4.78 is 7.30. The lowest BCUT2D eigenvalue weighted by Gasteiger charge is -1.88. The summed E-state index contributed by atoms with van der Waals surface area (Å²) in [4.78, 5) is 4.32. The van der Waals surface area contributed by atoms with Crippen LogP contribution in [-0.4, -0.2) is 16.1 Å². The number of aryl methyl sites for hydroxylation is 1. The van der Waals surface area contributed by atoms with Crippen LogP contribution in [0.4, 0.5) is 0 Å². The van der Waals surface area contributed by atoms with Gasteiger partial charge in [0.15, 0.2) is 0 Å². The molecule has 74 valence electrons. The van der Waals surface area contributed by atoms with Crippen molar-refractivity contribution < 1.29 is 4.42 Å². The number of nitrogens with zero attached hydrogens (tertiary/aromatic N) is 2. The Hall–Kier alpha value is -1.55. The molecule has 2 aromatic heterocycles. The zero-order valence-electron chi connectivity index (χ0n) is 8.10. The predicted octanol–water partition coefficient (Wildman–Crippen LogP) is 1.18. The van der Waals surface area contributed by atoms with Crippen molar-refractivity contribution in [1.82, 2.24) is 9.55 Å². The monoisotopic (exact) mass is 191 g/mol. The van der Waals surface area contributed by atoms with Crippen molar-refractivity contribution in [3.8, 4) is 11.5 Å². The Morgan fingerprint density at radius 2 is 2.43 bits per heavy atom. The van der Waals surface area contributed by atoms with Crippen LogP contribution in [0, 0.1) is 0 Å². The Morgan fingerprint density at radius 3 is 3.07 bits per heavy atom. The minimum absolute atomic E-state index is 0.598. The summed E-state index contributed by atoms with van der Waals surface area (Å²) in [6.45, 7) is 0.598. The van der Waals surface area contributed by atoms with Gasteiger partial charge in [-0.05, 0) is 12.6 Å². The molecule has 0 aliphatic heterocycles. The van der Waals surface area contributed by atoms with Gasteiger partial charge in [0.25, 0.3) is 0 Å². The smallest absolute Gasteiger partial charge is 0.227 e. The number of oxazole rings is 1. The van der Waals surface area contributed by atoms with E-state index in [0.717, 1.165) is 17.7 Å². The molecule has 2 aromatic rings. The molecular formula is C10H13N3O. The normalized spacial score (nSPS) is 10.7. The van der Waals surface area contributed by atoms with E-state index in [1.54, 1.807) is 6.26 Å². The SMILES string of the molecule is Cn1ccc(-c2nc(CCN)co2)c1. The van der Waals surface area contributed by atoms with Gasteiger partial charge in [-0.15, -0.1) is 0 Å². The van der Waals surface area contributed by atoms with E-state index in [4.69, 9.17) is 10.2 Å². The molecule has 0 saturated carbocycles. The number of hydrogen-bond donors (Lipinski definition) is 1. The Labute approximate surface area is 82.4 Å². The van der Waals surface area contributed by atoms with E-state index >= 15 is 0 Å². The second-order valence-corrected chi connectivity index (χ2v) is 3.25. The maximum atomic E-state index is 5.43. The molecule has 0 fully saturated rings. The van der Waals surface area contributed by atoms with Gasteiger partial charge in [0.1, 0.15) is 6.26 Å². The van der Waals surface area contributed by atoms with Crippen LogP contribution in [0.2, 0.25) is 0 Å². The Bertz CT molecular complexity index is 416. The third-order valence-corrected chi connectivity index (χ3v) is 2.03. The standard InChI is InChI=1S/C10H13N3O/c1-13-5-3-8(6-13)10-12-9(2-4-11)7-14-10/h3,5-7H,2,4,11H2,1H3. The first-order valence-corrected chi connectivity index (χ1v) is 4.56. The minimum atomic E-state index is 0.598. The average Bonchev–Trinajstić information content (AvgIpc) is 2.74. The van der Waals surface area contributed by atoms with Gasteiger partial charge in [-0.1, -0.05) is 0 Å². The van der Waals surface area contributed by atoms with Gasteiger partial charge in [0, 0.05) is 25.9 Å². The van der Waals surface area contributed by atoms with Crippen LogP contribution in [0.15, 0.2) is 29.1 Å². The van der Waals surface area contributed by atoms with Gasteiger partial charge in [0.2, 0.25) is 5.89 Å². The molecule has 0 saturated heterocycles. The van der Waals surface area contributed by atoms with Crippen molar-refractivity contribution >= 4 is 0 Å². The maximum absolute atomic E-state index is 5.43. The largest absolute Gasteiger partial charge is 0.444 e. The predicted molar refractivity (Wildman–Crippen MR) is 53.7 cm³/mol. The first-order chi connectivity index (χ1) is 6.79. The molecule has 0 spiro atoms. The Morgan fingerprint density at radius 1 is 1.57 bits per heavy atom. The van der Waals surface area contributed by atoms with Crippen molar-refractivity contribution in [2.45, 2.75) is 6.42 Å². The van der Waals surface area contributed by atoms with Gasteiger partial charge in [0.05, 0.1) is 11.3 Å². The fourth-order valence-electron chi connectivity index (χ4n) is 1.33. The lowest BCUT2D eigenvalue weighted by Crippen LogP contribution is -2.02. The lowest BCUT2D eigenvalue weighted by atomic mass is 10.3. The summed E-state index contributed by atoms with van der Waals surface area (Å²) in [6, 6.07) is 1.97. The van der Waals surface area contributed by atoms with Crippen LogP contribution in [-0.2, 0) is 13.5 Å². The molecule has 0 bridgehead atoms. The molecule has 0 unspecified atom stereocenters. The number of aromatic nitrogens is 2. The van der Waals surface area contributed by atoms with E-state index in [-0.39, 0.29) is 0 Å². The molecule has 2 heterocycles. The van der Waals surface area contributed by atoms with Crippen LogP contribution >= 0.6 is 0 Å². The number of rotatable bonds is 3. The highest BCUT2D eigenvalue weighted by Gasteiger charge is 2.06. The minimum Gasteiger partial charge on any atom is -0.444 e. The van der Waals surface area contributed by atoms with Gasteiger partial charge >= 0.3 is 0 Å². The quantitative estimate of drug-likeness (QED) is 0.792. The molecule has 14 heavy (non-hydrogen) atoms. The Balaban J connectivity index is 2.24. The molecular weight excluding hydrogens is 178 g/mol. The van der Waals surface area contributed by atoms with E-state index in [9.17, 15) is 0 Å². The zero-order valence-corrected chi connectivity index (χ0v) is 8.10. The lowest BCUT2D eigenvalue weighted by molar-refractivity contribution is 0.572. The molecule has 0 amide bonds. The van der Waals surface area contributed by atoms with Crippen molar-refractivity contribution in [3.63, 3.8) is 0 Å². The van der Waals surface area contributed by atoms with Crippen LogP contribution in [0.1, 0.15) is 5.69 Å². The second kappa shape index (κ2) is 3.67. The van der Waals surface area contributed by atoms with Gasteiger partial charge < -0.3 is 14.7 Å². The number of nitrogens with two attached hydrogens (primary N) is 1. The zero-order chi connectivity index (χ0) is 9.97. The molecule has 0 aromatic carbocycles. The summed E-state index contributed by atoms with van der Waals surface area (Å²) in [5, 5.41) is 0. The third kappa shape index (κ3) is 1.70. The molecule has 2 rings (SSSR count). The van der Waals surface area contributed by atoms with E-state index < -0.39 is 0 Å². The van der Waals surface area contributed by atoms with Crippen LogP contribution in [0.3, 0.4) is 0 Å². The number of hydrogen-bond acceptors (Lipinski definition) is 3. The highest BCUT2D eigenvalue weighted by atomic mass is 16.3. The van der Waals surface area contributed by atoms with E-state index in [1.165, 1.54) is 0 Å². The molecule has 0 aliphatic rings. The van der Waals surface area contributed by atoms with Gasteiger partial charge in [-0.25, -0.2) is 4.98 Å². The van der Waals surface area contributed by atoms with Crippen molar-refractivity contribution in [3.05, 3.63) is 30.4 Å². The summed E-state index contributed by atoms with van der Waals surface area (Å²) in [5.74, 6) is 0.661.